The predicted molar refractivity (Wildman–Crippen MR) is 84.5 cm³/mol. The molecule has 2 rings (SSSR count). The van der Waals surface area contributed by atoms with E-state index in [9.17, 15) is 18.4 Å². The van der Waals surface area contributed by atoms with E-state index in [1.165, 1.54) is 13.0 Å². The first kappa shape index (κ1) is 16.6. The van der Waals surface area contributed by atoms with Crippen LogP contribution in [-0.4, -0.2) is 18.2 Å². The number of halogens is 2. The number of rotatable bonds is 6. The van der Waals surface area contributed by atoms with Gasteiger partial charge in [0.25, 0.3) is 0 Å². The Hall–Kier alpha value is -2.76. The van der Waals surface area contributed by atoms with Gasteiger partial charge in [0, 0.05) is 30.3 Å². The van der Waals surface area contributed by atoms with Crippen LogP contribution in [-0.2, 0) is 4.79 Å². The molecule has 0 aromatic heterocycles. The first-order valence-corrected chi connectivity index (χ1v) is 7.05. The zero-order valence-electron chi connectivity index (χ0n) is 12.5. The highest BCUT2D eigenvalue weighted by atomic mass is 19.1. The zero-order valence-corrected chi connectivity index (χ0v) is 12.5. The van der Waals surface area contributed by atoms with Crippen molar-refractivity contribution < 1.29 is 18.4 Å². The van der Waals surface area contributed by atoms with Gasteiger partial charge in [-0.25, -0.2) is 8.78 Å². The van der Waals surface area contributed by atoms with Crippen LogP contribution < -0.4 is 10.6 Å². The van der Waals surface area contributed by atoms with Crippen molar-refractivity contribution in [1.82, 2.24) is 0 Å². The minimum Gasteiger partial charge on any atom is -0.385 e. The summed E-state index contributed by atoms with van der Waals surface area (Å²) < 4.78 is 26.2. The lowest BCUT2D eigenvalue weighted by atomic mass is 10.1. The number of anilines is 2. The standard InChI is InChI=1S/C17H16F2N2O2/c1-11(22)12-2-5-14(6-3-12)20-9-8-17(23)21-16-7-4-13(18)10-15(16)19/h2-7,10,20H,8-9H2,1H3,(H,21,23). The molecule has 120 valence electrons. The van der Waals surface area contributed by atoms with E-state index in [1.807, 2.05) is 0 Å². The molecule has 0 spiro atoms. The van der Waals surface area contributed by atoms with Gasteiger partial charge in [0.2, 0.25) is 5.91 Å². The Morgan fingerprint density at radius 1 is 1.04 bits per heavy atom. The number of benzene rings is 2. The summed E-state index contributed by atoms with van der Waals surface area (Å²) in [7, 11) is 0. The SMILES string of the molecule is CC(=O)c1ccc(NCCC(=O)Nc2ccc(F)cc2F)cc1. The molecular weight excluding hydrogens is 302 g/mol. The molecule has 4 nitrogen and oxygen atoms in total. The molecular formula is C17H16F2N2O2. The number of nitrogens with one attached hydrogen (secondary N) is 2. The number of carbonyl (C=O) groups is 2. The number of ketones is 1. The van der Waals surface area contributed by atoms with E-state index in [-0.39, 0.29) is 23.8 Å². The summed E-state index contributed by atoms with van der Waals surface area (Å²) in [5.41, 5.74) is 1.33. The third kappa shape index (κ3) is 4.88. The molecule has 0 radical (unpaired) electrons. The highest BCUT2D eigenvalue weighted by Crippen LogP contribution is 2.15. The lowest BCUT2D eigenvalue weighted by Crippen LogP contribution is -2.17. The third-order valence-electron chi connectivity index (χ3n) is 3.18. The Bertz CT molecular complexity index is 715. The second kappa shape index (κ2) is 7.49. The van der Waals surface area contributed by atoms with Crippen molar-refractivity contribution in [3.8, 4) is 0 Å². The van der Waals surface area contributed by atoms with E-state index in [4.69, 9.17) is 0 Å². The summed E-state index contributed by atoms with van der Waals surface area (Å²) in [4.78, 5) is 22.9. The molecule has 0 fully saturated rings. The van der Waals surface area contributed by atoms with E-state index in [0.29, 0.717) is 18.2 Å². The van der Waals surface area contributed by atoms with Crippen molar-refractivity contribution in [2.24, 2.45) is 0 Å². The van der Waals surface area contributed by atoms with Gasteiger partial charge in [-0.1, -0.05) is 0 Å². The monoisotopic (exact) mass is 318 g/mol. The molecule has 0 atom stereocenters. The molecule has 0 unspecified atom stereocenters. The quantitative estimate of drug-likeness (QED) is 0.800. The molecule has 6 heteroatoms. The van der Waals surface area contributed by atoms with Crippen LogP contribution in [0.25, 0.3) is 0 Å². The molecule has 0 aliphatic rings. The first-order valence-electron chi connectivity index (χ1n) is 7.05. The van der Waals surface area contributed by atoms with E-state index in [0.717, 1.165) is 11.8 Å². The summed E-state index contributed by atoms with van der Waals surface area (Å²) in [5.74, 6) is -1.91. The number of amides is 1. The van der Waals surface area contributed by atoms with E-state index >= 15 is 0 Å². The lowest BCUT2D eigenvalue weighted by Gasteiger charge is -2.08. The largest absolute Gasteiger partial charge is 0.385 e. The Morgan fingerprint density at radius 3 is 2.35 bits per heavy atom. The van der Waals surface area contributed by atoms with Gasteiger partial charge in [-0.3, -0.25) is 9.59 Å². The molecule has 0 aliphatic carbocycles. The molecule has 0 heterocycles. The van der Waals surface area contributed by atoms with Gasteiger partial charge in [0.15, 0.2) is 5.78 Å². The first-order chi connectivity index (χ1) is 11.0. The zero-order chi connectivity index (χ0) is 16.8. The van der Waals surface area contributed by atoms with Crippen molar-refractivity contribution in [2.75, 3.05) is 17.2 Å². The van der Waals surface area contributed by atoms with Crippen molar-refractivity contribution in [2.45, 2.75) is 13.3 Å². The maximum Gasteiger partial charge on any atom is 0.226 e. The number of hydrogen-bond donors (Lipinski definition) is 2. The number of carbonyl (C=O) groups excluding carboxylic acids is 2. The fourth-order valence-corrected chi connectivity index (χ4v) is 1.95. The van der Waals surface area contributed by atoms with Crippen LogP contribution in [0.3, 0.4) is 0 Å². The van der Waals surface area contributed by atoms with Crippen molar-refractivity contribution in [3.05, 3.63) is 59.7 Å². The average Bonchev–Trinajstić information content (AvgIpc) is 2.50. The highest BCUT2D eigenvalue weighted by molar-refractivity contribution is 5.94. The summed E-state index contributed by atoms with van der Waals surface area (Å²) in [6, 6.07) is 9.84. The van der Waals surface area contributed by atoms with Crippen molar-refractivity contribution in [3.63, 3.8) is 0 Å². The van der Waals surface area contributed by atoms with Crippen LogP contribution in [0.1, 0.15) is 23.7 Å². The molecule has 2 N–H and O–H groups in total. The predicted octanol–water partition coefficient (Wildman–Crippen LogP) is 3.61. The number of Topliss-reactive ketones (excluding diaryl/α,β-unsaturated/α-hetero) is 1. The average molecular weight is 318 g/mol. The van der Waals surface area contributed by atoms with Gasteiger partial charge in [-0.05, 0) is 43.3 Å². The van der Waals surface area contributed by atoms with Crippen LogP contribution in [0.2, 0.25) is 0 Å². The molecule has 0 aliphatic heterocycles. The maximum absolute atomic E-state index is 13.4. The Balaban J connectivity index is 1.81. The minimum atomic E-state index is -0.814. The van der Waals surface area contributed by atoms with Crippen LogP contribution in [0.15, 0.2) is 42.5 Å². The van der Waals surface area contributed by atoms with E-state index in [1.54, 1.807) is 24.3 Å². The summed E-state index contributed by atoms with van der Waals surface area (Å²) in [6.45, 7) is 1.83. The molecule has 1 amide bonds. The Labute approximate surface area is 132 Å². The van der Waals surface area contributed by atoms with Gasteiger partial charge in [-0.2, -0.15) is 0 Å². The molecule has 0 saturated heterocycles. The third-order valence-corrected chi connectivity index (χ3v) is 3.18. The second-order valence-corrected chi connectivity index (χ2v) is 4.98. The fraction of sp³-hybridized carbons (Fsp3) is 0.176. The van der Waals surface area contributed by atoms with Crippen LogP contribution in [0, 0.1) is 11.6 Å². The molecule has 0 bridgehead atoms. The second-order valence-electron chi connectivity index (χ2n) is 4.98. The molecule has 2 aromatic rings. The summed E-state index contributed by atoms with van der Waals surface area (Å²) >= 11 is 0. The maximum atomic E-state index is 13.4. The summed E-state index contributed by atoms with van der Waals surface area (Å²) in [6.07, 6.45) is 0.116. The Morgan fingerprint density at radius 2 is 1.74 bits per heavy atom. The van der Waals surface area contributed by atoms with Crippen molar-refractivity contribution in [1.29, 1.82) is 0 Å². The van der Waals surface area contributed by atoms with E-state index in [2.05, 4.69) is 10.6 Å². The van der Waals surface area contributed by atoms with Crippen LogP contribution in [0.4, 0.5) is 20.2 Å². The van der Waals surface area contributed by atoms with Crippen LogP contribution in [0.5, 0.6) is 0 Å². The van der Waals surface area contributed by atoms with E-state index < -0.39 is 11.6 Å². The van der Waals surface area contributed by atoms with Crippen LogP contribution >= 0.6 is 0 Å². The Kier molecular flexibility index (Phi) is 5.41. The summed E-state index contributed by atoms with van der Waals surface area (Å²) in [5, 5.41) is 5.41. The molecule has 2 aromatic carbocycles. The van der Waals surface area contributed by atoms with Gasteiger partial charge in [-0.15, -0.1) is 0 Å². The smallest absolute Gasteiger partial charge is 0.226 e. The van der Waals surface area contributed by atoms with Gasteiger partial charge >= 0.3 is 0 Å². The molecule has 23 heavy (non-hydrogen) atoms. The van der Waals surface area contributed by atoms with Gasteiger partial charge in [0.05, 0.1) is 5.69 Å². The van der Waals surface area contributed by atoms with Gasteiger partial charge in [0.1, 0.15) is 11.6 Å². The highest BCUT2D eigenvalue weighted by Gasteiger charge is 2.08. The minimum absolute atomic E-state index is 0.0164. The van der Waals surface area contributed by atoms with Gasteiger partial charge < -0.3 is 10.6 Å². The molecule has 0 saturated carbocycles. The normalized spacial score (nSPS) is 10.2. The lowest BCUT2D eigenvalue weighted by molar-refractivity contribution is -0.116. The fourth-order valence-electron chi connectivity index (χ4n) is 1.95. The topological polar surface area (TPSA) is 58.2 Å². The number of hydrogen-bond acceptors (Lipinski definition) is 3. The van der Waals surface area contributed by atoms with Crippen molar-refractivity contribution >= 4 is 23.1 Å².